The van der Waals surface area contributed by atoms with E-state index in [1.807, 2.05) is 6.07 Å². The van der Waals surface area contributed by atoms with Crippen LogP contribution in [0.4, 0.5) is 5.69 Å². The Labute approximate surface area is 181 Å². The number of anilines is 1. The van der Waals surface area contributed by atoms with Crippen LogP contribution in [-0.2, 0) is 6.42 Å². The molecule has 3 heteroatoms. The predicted octanol–water partition coefficient (Wildman–Crippen LogP) is 6.88. The summed E-state index contributed by atoms with van der Waals surface area (Å²) in [6.07, 6.45) is 4.50. The molecule has 0 aliphatic carbocycles. The first-order valence-electron chi connectivity index (χ1n) is 10.3. The van der Waals surface area contributed by atoms with E-state index in [2.05, 4.69) is 88.4 Å². The first-order chi connectivity index (χ1) is 14.2. The summed E-state index contributed by atoms with van der Waals surface area (Å²) in [4.78, 5) is 2.41. The molecule has 1 aliphatic heterocycles. The largest absolute Gasteiger partial charge is 0.370 e. The second-order valence-corrected chi connectivity index (χ2v) is 8.67. The molecule has 1 aliphatic rings. The lowest BCUT2D eigenvalue weighted by Gasteiger charge is -2.31. The van der Waals surface area contributed by atoms with Crippen molar-refractivity contribution < 1.29 is 0 Å². The van der Waals surface area contributed by atoms with Gasteiger partial charge in [0.25, 0.3) is 0 Å². The van der Waals surface area contributed by atoms with E-state index in [4.69, 9.17) is 0 Å². The summed E-state index contributed by atoms with van der Waals surface area (Å²) in [6, 6.07) is 23.8. The highest BCUT2D eigenvalue weighted by molar-refractivity contribution is 9.10. The minimum absolute atomic E-state index is 0.826. The molecule has 146 valence electrons. The van der Waals surface area contributed by atoms with Gasteiger partial charge in [0.1, 0.15) is 6.07 Å². The zero-order valence-electron chi connectivity index (χ0n) is 16.8. The number of benzene rings is 3. The van der Waals surface area contributed by atoms with Gasteiger partial charge in [-0.15, -0.1) is 0 Å². The van der Waals surface area contributed by atoms with Gasteiger partial charge in [0.2, 0.25) is 0 Å². The monoisotopic (exact) mass is 444 g/mol. The maximum absolute atomic E-state index is 10.0. The molecule has 2 nitrogen and oxygen atoms in total. The summed E-state index contributed by atoms with van der Waals surface area (Å²) in [7, 11) is 0. The van der Waals surface area contributed by atoms with Crippen molar-refractivity contribution in [2.24, 2.45) is 0 Å². The van der Waals surface area contributed by atoms with Gasteiger partial charge >= 0.3 is 0 Å². The van der Waals surface area contributed by atoms with Crippen LogP contribution >= 0.6 is 15.9 Å². The summed E-state index contributed by atoms with van der Waals surface area (Å²) >= 11 is 3.55. The average molecular weight is 445 g/mol. The highest BCUT2D eigenvalue weighted by Gasteiger charge is 2.21. The van der Waals surface area contributed by atoms with E-state index in [1.54, 1.807) is 0 Å². The maximum Gasteiger partial charge on any atom is 0.102 e. The normalized spacial score (nSPS) is 13.9. The molecular formula is C26H25BrN2. The second-order valence-electron chi connectivity index (χ2n) is 7.75. The predicted molar refractivity (Wildman–Crippen MR) is 124 cm³/mol. The highest BCUT2D eigenvalue weighted by Crippen LogP contribution is 2.37. The van der Waals surface area contributed by atoms with E-state index >= 15 is 0 Å². The molecule has 4 rings (SSSR count). The fraction of sp³-hybridized carbons (Fsp3) is 0.269. The molecule has 29 heavy (non-hydrogen) atoms. The van der Waals surface area contributed by atoms with Gasteiger partial charge in [0.05, 0.1) is 11.3 Å². The molecule has 0 aromatic heterocycles. The molecule has 1 fully saturated rings. The Morgan fingerprint density at radius 3 is 2.31 bits per heavy atom. The van der Waals surface area contributed by atoms with Crippen molar-refractivity contribution in [2.75, 3.05) is 18.0 Å². The lowest BCUT2D eigenvalue weighted by Crippen LogP contribution is -2.30. The fourth-order valence-corrected chi connectivity index (χ4v) is 4.55. The zero-order chi connectivity index (χ0) is 20.2. The van der Waals surface area contributed by atoms with Crippen molar-refractivity contribution >= 4 is 21.6 Å². The molecule has 0 amide bonds. The average Bonchev–Trinajstić information content (AvgIpc) is 2.77. The summed E-state index contributed by atoms with van der Waals surface area (Å²) in [5, 5.41) is 10.0. The number of rotatable bonds is 4. The van der Waals surface area contributed by atoms with Gasteiger partial charge in [0.15, 0.2) is 0 Å². The van der Waals surface area contributed by atoms with Crippen molar-refractivity contribution in [3.8, 4) is 17.2 Å². The third-order valence-corrected chi connectivity index (χ3v) is 6.41. The number of halogens is 1. The Kier molecular flexibility index (Phi) is 6.02. The van der Waals surface area contributed by atoms with E-state index in [1.165, 1.54) is 41.5 Å². The Morgan fingerprint density at radius 1 is 0.966 bits per heavy atom. The van der Waals surface area contributed by atoms with Crippen molar-refractivity contribution in [1.82, 2.24) is 0 Å². The van der Waals surface area contributed by atoms with E-state index in [9.17, 15) is 5.26 Å². The third kappa shape index (κ3) is 4.23. The summed E-state index contributed by atoms with van der Waals surface area (Å²) < 4.78 is 1.08. The molecule has 0 unspecified atom stereocenters. The first kappa shape index (κ1) is 19.7. The number of hydrogen-bond donors (Lipinski definition) is 0. The van der Waals surface area contributed by atoms with E-state index in [0.717, 1.165) is 40.8 Å². The quantitative estimate of drug-likeness (QED) is 0.438. The molecule has 3 aromatic carbocycles. The van der Waals surface area contributed by atoms with Crippen LogP contribution in [0, 0.1) is 18.3 Å². The van der Waals surface area contributed by atoms with Gasteiger partial charge in [0, 0.05) is 17.6 Å². The van der Waals surface area contributed by atoms with Crippen LogP contribution in [0.1, 0.15) is 41.5 Å². The van der Waals surface area contributed by atoms with Crippen LogP contribution in [-0.4, -0.2) is 13.1 Å². The minimum atomic E-state index is 0.826. The van der Waals surface area contributed by atoms with Crippen molar-refractivity contribution in [3.63, 3.8) is 0 Å². The second kappa shape index (κ2) is 8.84. The molecule has 0 N–H and O–H groups in total. The van der Waals surface area contributed by atoms with Crippen LogP contribution in [0.2, 0.25) is 0 Å². The van der Waals surface area contributed by atoms with E-state index in [-0.39, 0.29) is 0 Å². The standard InChI is InChI=1S/C26H25BrN2/c1-19-23(16-20-8-4-2-5-9-20)24(21-10-12-22(27)13-11-21)17-26(25(19)18-28)29-14-6-3-7-15-29/h2,4-5,8-13,17H,3,6-7,14-16H2,1H3. The molecule has 0 atom stereocenters. The van der Waals surface area contributed by atoms with Crippen LogP contribution in [0.5, 0.6) is 0 Å². The molecular weight excluding hydrogens is 420 g/mol. The SMILES string of the molecule is Cc1c(C#N)c(N2CCCCC2)cc(-c2ccc(Br)cc2)c1Cc1ccccc1. The topological polar surface area (TPSA) is 27.0 Å². The number of nitrogens with zero attached hydrogens (tertiary/aromatic N) is 2. The molecule has 3 aromatic rings. The molecule has 1 saturated heterocycles. The fourth-order valence-electron chi connectivity index (χ4n) is 4.28. The lowest BCUT2D eigenvalue weighted by molar-refractivity contribution is 0.577. The highest BCUT2D eigenvalue weighted by atomic mass is 79.9. The van der Waals surface area contributed by atoms with E-state index in [0.29, 0.717) is 0 Å². The van der Waals surface area contributed by atoms with Gasteiger partial charge in [-0.25, -0.2) is 0 Å². The van der Waals surface area contributed by atoms with Crippen LogP contribution in [0.25, 0.3) is 11.1 Å². The van der Waals surface area contributed by atoms with Gasteiger partial charge in [-0.3, -0.25) is 0 Å². The molecule has 0 spiro atoms. The first-order valence-corrected chi connectivity index (χ1v) is 11.1. The minimum Gasteiger partial charge on any atom is -0.370 e. The molecule has 0 radical (unpaired) electrons. The summed E-state index contributed by atoms with van der Waals surface area (Å²) in [5.74, 6) is 0. The molecule has 0 bridgehead atoms. The molecule has 1 heterocycles. The van der Waals surface area contributed by atoms with Crippen molar-refractivity contribution in [1.29, 1.82) is 5.26 Å². The Bertz CT molecular complexity index is 1030. The Balaban J connectivity index is 1.90. The van der Waals surface area contributed by atoms with Crippen LogP contribution in [0.15, 0.2) is 65.1 Å². The lowest BCUT2D eigenvalue weighted by atomic mass is 9.87. The smallest absolute Gasteiger partial charge is 0.102 e. The van der Waals surface area contributed by atoms with Crippen molar-refractivity contribution in [3.05, 3.63) is 87.4 Å². The van der Waals surface area contributed by atoms with Gasteiger partial charge in [-0.1, -0.05) is 58.4 Å². The number of piperidine rings is 1. The van der Waals surface area contributed by atoms with E-state index < -0.39 is 0 Å². The van der Waals surface area contributed by atoms with Gasteiger partial charge < -0.3 is 4.90 Å². The van der Waals surface area contributed by atoms with Crippen molar-refractivity contribution in [2.45, 2.75) is 32.6 Å². The Hall–Kier alpha value is -2.57. The zero-order valence-corrected chi connectivity index (χ0v) is 18.4. The molecule has 0 saturated carbocycles. The number of hydrogen-bond acceptors (Lipinski definition) is 2. The summed E-state index contributed by atoms with van der Waals surface area (Å²) in [6.45, 7) is 4.19. The number of nitriles is 1. The van der Waals surface area contributed by atoms with Gasteiger partial charge in [-0.05, 0) is 78.6 Å². The van der Waals surface area contributed by atoms with Crippen LogP contribution < -0.4 is 4.90 Å². The third-order valence-electron chi connectivity index (χ3n) is 5.88. The van der Waals surface area contributed by atoms with Gasteiger partial charge in [-0.2, -0.15) is 5.26 Å². The Morgan fingerprint density at radius 2 is 1.66 bits per heavy atom. The maximum atomic E-state index is 10.0. The summed E-state index contributed by atoms with van der Waals surface area (Å²) in [5.41, 5.74) is 7.98. The van der Waals surface area contributed by atoms with Crippen LogP contribution in [0.3, 0.4) is 0 Å².